The number of fused-ring (bicyclic) bond motifs is 1. The topological polar surface area (TPSA) is 78.5 Å². The van der Waals surface area contributed by atoms with E-state index in [9.17, 15) is 13.2 Å². The van der Waals surface area contributed by atoms with Gasteiger partial charge in [-0.05, 0) is 49.7 Å². The normalized spacial score (nSPS) is 16.2. The first-order valence-corrected chi connectivity index (χ1v) is 10.6. The van der Waals surface area contributed by atoms with Crippen LogP contribution in [0.2, 0.25) is 0 Å². The molecule has 1 unspecified atom stereocenters. The van der Waals surface area contributed by atoms with Gasteiger partial charge in [0.05, 0.1) is 10.6 Å². The molecule has 0 fully saturated rings. The SMILES string of the molecule is CCNCCNC(=O)c1cccc(S(=O)(=O)N2c3ccccc3CC2C)c1. The molecule has 0 spiro atoms. The van der Waals surface area contributed by atoms with Crippen molar-refractivity contribution in [1.82, 2.24) is 10.6 Å². The molecule has 1 aliphatic rings. The van der Waals surface area contributed by atoms with Crippen LogP contribution < -0.4 is 14.9 Å². The van der Waals surface area contributed by atoms with Crippen molar-refractivity contribution < 1.29 is 13.2 Å². The summed E-state index contributed by atoms with van der Waals surface area (Å²) < 4.78 is 28.0. The highest BCUT2D eigenvalue weighted by atomic mass is 32.2. The fraction of sp³-hybridized carbons (Fsp3) is 0.350. The smallest absolute Gasteiger partial charge is 0.264 e. The summed E-state index contributed by atoms with van der Waals surface area (Å²) in [7, 11) is -3.75. The fourth-order valence-corrected chi connectivity index (χ4v) is 5.10. The van der Waals surface area contributed by atoms with Crippen LogP contribution in [0.4, 0.5) is 5.69 Å². The molecule has 6 nitrogen and oxygen atoms in total. The van der Waals surface area contributed by atoms with Gasteiger partial charge in [0.1, 0.15) is 0 Å². The minimum absolute atomic E-state index is 0.130. The Labute approximate surface area is 160 Å². The molecule has 2 aromatic rings. The van der Waals surface area contributed by atoms with Crippen LogP contribution in [-0.2, 0) is 16.4 Å². The molecule has 0 aliphatic carbocycles. The molecule has 0 saturated carbocycles. The number of hydrogen-bond acceptors (Lipinski definition) is 4. The summed E-state index contributed by atoms with van der Waals surface area (Å²) in [5.74, 6) is -0.278. The van der Waals surface area contributed by atoms with Gasteiger partial charge in [-0.25, -0.2) is 8.42 Å². The summed E-state index contributed by atoms with van der Waals surface area (Å²) in [6.45, 7) is 5.88. The third kappa shape index (κ3) is 3.99. The van der Waals surface area contributed by atoms with Gasteiger partial charge in [0.25, 0.3) is 15.9 Å². The monoisotopic (exact) mass is 387 g/mol. The molecule has 0 radical (unpaired) electrons. The Balaban J connectivity index is 1.85. The lowest BCUT2D eigenvalue weighted by molar-refractivity contribution is 0.0953. The number of amides is 1. The third-order valence-corrected chi connectivity index (χ3v) is 6.56. The number of para-hydroxylation sites is 1. The molecular formula is C20H25N3O3S. The van der Waals surface area contributed by atoms with Crippen LogP contribution in [-0.4, -0.2) is 40.0 Å². The number of hydrogen-bond donors (Lipinski definition) is 2. The summed E-state index contributed by atoms with van der Waals surface area (Å²) in [6.07, 6.45) is 0.681. The van der Waals surface area contributed by atoms with Crippen LogP contribution in [0.25, 0.3) is 0 Å². The van der Waals surface area contributed by atoms with Crippen LogP contribution in [0.1, 0.15) is 29.8 Å². The van der Waals surface area contributed by atoms with Gasteiger partial charge in [-0.2, -0.15) is 0 Å². The lowest BCUT2D eigenvalue weighted by Gasteiger charge is -2.24. The minimum Gasteiger partial charge on any atom is -0.351 e. The van der Waals surface area contributed by atoms with E-state index in [1.165, 1.54) is 10.4 Å². The Hall–Kier alpha value is -2.38. The molecule has 1 amide bonds. The van der Waals surface area contributed by atoms with Crippen LogP contribution >= 0.6 is 0 Å². The van der Waals surface area contributed by atoms with Crippen molar-refractivity contribution >= 4 is 21.6 Å². The molecule has 1 aliphatic heterocycles. The maximum atomic E-state index is 13.3. The van der Waals surface area contributed by atoms with E-state index in [0.717, 1.165) is 12.1 Å². The van der Waals surface area contributed by atoms with Gasteiger partial charge in [0, 0.05) is 24.7 Å². The highest BCUT2D eigenvalue weighted by Gasteiger charge is 2.36. The van der Waals surface area contributed by atoms with Crippen molar-refractivity contribution in [1.29, 1.82) is 0 Å². The zero-order valence-electron chi connectivity index (χ0n) is 15.6. The highest BCUT2D eigenvalue weighted by molar-refractivity contribution is 7.92. The van der Waals surface area contributed by atoms with Gasteiger partial charge in [0.15, 0.2) is 0 Å². The summed E-state index contributed by atoms with van der Waals surface area (Å²) in [5, 5.41) is 5.92. The average molecular weight is 388 g/mol. The molecule has 27 heavy (non-hydrogen) atoms. The van der Waals surface area contributed by atoms with Gasteiger partial charge < -0.3 is 10.6 Å². The van der Waals surface area contributed by atoms with Crippen LogP contribution in [0, 0.1) is 0 Å². The van der Waals surface area contributed by atoms with E-state index in [1.54, 1.807) is 18.2 Å². The number of carbonyl (C=O) groups is 1. The van der Waals surface area contributed by atoms with Crippen molar-refractivity contribution in [3.63, 3.8) is 0 Å². The van der Waals surface area contributed by atoms with Gasteiger partial charge >= 0.3 is 0 Å². The maximum Gasteiger partial charge on any atom is 0.264 e. The van der Waals surface area contributed by atoms with E-state index < -0.39 is 10.0 Å². The Morgan fingerprint density at radius 1 is 1.15 bits per heavy atom. The second-order valence-corrected chi connectivity index (χ2v) is 8.43. The molecule has 144 valence electrons. The van der Waals surface area contributed by atoms with E-state index in [2.05, 4.69) is 10.6 Å². The molecule has 1 heterocycles. The number of nitrogens with one attached hydrogen (secondary N) is 2. The Morgan fingerprint density at radius 3 is 2.70 bits per heavy atom. The standard InChI is InChI=1S/C20H25N3O3S/c1-3-21-11-12-22-20(24)17-8-6-9-18(14-17)27(25,26)23-15(2)13-16-7-4-5-10-19(16)23/h4-10,14-15,21H,3,11-13H2,1-2H3,(H,22,24). The van der Waals surface area contributed by atoms with Crippen molar-refractivity contribution in [2.75, 3.05) is 23.9 Å². The predicted octanol–water partition coefficient (Wildman–Crippen LogP) is 2.17. The van der Waals surface area contributed by atoms with Gasteiger partial charge in [-0.1, -0.05) is 31.2 Å². The molecule has 3 rings (SSSR count). The molecule has 0 aromatic heterocycles. The van der Waals surface area contributed by atoms with Gasteiger partial charge in [0.2, 0.25) is 0 Å². The van der Waals surface area contributed by atoms with E-state index >= 15 is 0 Å². The largest absolute Gasteiger partial charge is 0.351 e. The zero-order chi connectivity index (χ0) is 19.4. The van der Waals surface area contributed by atoms with Crippen molar-refractivity contribution in [3.8, 4) is 0 Å². The molecule has 0 bridgehead atoms. The summed E-state index contributed by atoms with van der Waals surface area (Å²) in [5.41, 5.74) is 2.07. The highest BCUT2D eigenvalue weighted by Crippen LogP contribution is 2.36. The minimum atomic E-state index is -3.75. The molecular weight excluding hydrogens is 362 g/mol. The number of rotatable bonds is 7. The molecule has 2 N–H and O–H groups in total. The first kappa shape index (κ1) is 19.4. The second-order valence-electron chi connectivity index (χ2n) is 6.62. The summed E-state index contributed by atoms with van der Waals surface area (Å²) in [4.78, 5) is 12.5. The van der Waals surface area contributed by atoms with Gasteiger partial charge in [-0.3, -0.25) is 9.10 Å². The lowest BCUT2D eigenvalue weighted by atomic mass is 10.1. The Bertz CT molecular complexity index is 928. The Morgan fingerprint density at radius 2 is 1.93 bits per heavy atom. The summed E-state index contributed by atoms with van der Waals surface area (Å²) >= 11 is 0. The van der Waals surface area contributed by atoms with Crippen molar-refractivity contribution in [3.05, 3.63) is 59.7 Å². The maximum absolute atomic E-state index is 13.3. The first-order chi connectivity index (χ1) is 12.9. The second kappa shape index (κ2) is 8.10. The number of likely N-dealkylation sites (N-methyl/N-ethyl adjacent to an activating group) is 1. The van der Waals surface area contributed by atoms with E-state index in [4.69, 9.17) is 0 Å². The average Bonchev–Trinajstić information content (AvgIpc) is 3.01. The lowest BCUT2D eigenvalue weighted by Crippen LogP contribution is -2.36. The Kier molecular flexibility index (Phi) is 5.82. The zero-order valence-corrected chi connectivity index (χ0v) is 16.4. The predicted molar refractivity (Wildman–Crippen MR) is 107 cm³/mol. The van der Waals surface area contributed by atoms with Crippen LogP contribution in [0.5, 0.6) is 0 Å². The first-order valence-electron chi connectivity index (χ1n) is 9.16. The molecule has 1 atom stereocenters. The summed E-state index contributed by atoms with van der Waals surface area (Å²) in [6, 6.07) is 13.6. The quantitative estimate of drug-likeness (QED) is 0.714. The third-order valence-electron chi connectivity index (χ3n) is 4.64. The van der Waals surface area contributed by atoms with E-state index in [-0.39, 0.29) is 16.8 Å². The van der Waals surface area contributed by atoms with Gasteiger partial charge in [-0.15, -0.1) is 0 Å². The molecule has 2 aromatic carbocycles. The van der Waals surface area contributed by atoms with Crippen LogP contribution in [0.3, 0.4) is 0 Å². The number of nitrogens with zero attached hydrogens (tertiary/aromatic N) is 1. The number of anilines is 1. The molecule has 0 saturated heterocycles. The van der Waals surface area contributed by atoms with Crippen molar-refractivity contribution in [2.24, 2.45) is 0 Å². The number of carbonyl (C=O) groups excluding carboxylic acids is 1. The van der Waals surface area contributed by atoms with E-state index in [1.807, 2.05) is 38.1 Å². The van der Waals surface area contributed by atoms with Crippen molar-refractivity contribution in [2.45, 2.75) is 31.2 Å². The number of benzene rings is 2. The van der Waals surface area contributed by atoms with E-state index in [0.29, 0.717) is 30.8 Å². The molecule has 7 heteroatoms. The van der Waals surface area contributed by atoms with Crippen LogP contribution in [0.15, 0.2) is 53.4 Å². The fourth-order valence-electron chi connectivity index (χ4n) is 3.36. The number of sulfonamides is 1.